The van der Waals surface area contributed by atoms with Gasteiger partial charge in [-0.3, -0.25) is 4.52 Å². The quantitative estimate of drug-likeness (QED) is 0.295. The van der Waals surface area contributed by atoms with Crippen molar-refractivity contribution in [1.82, 2.24) is 0 Å². The summed E-state index contributed by atoms with van der Waals surface area (Å²) in [6.07, 6.45) is 0.241. The minimum absolute atomic E-state index is 0. The molecule has 0 aromatic carbocycles. The summed E-state index contributed by atoms with van der Waals surface area (Å²) in [6.45, 7) is -0.235. The van der Waals surface area contributed by atoms with E-state index in [9.17, 15) is 4.57 Å². The van der Waals surface area contributed by atoms with Crippen molar-refractivity contribution in [2.45, 2.75) is 6.42 Å². The molecule has 7 N–H and O–H groups in total. The van der Waals surface area contributed by atoms with E-state index in [4.69, 9.17) is 14.9 Å². The topological polar surface area (TPSA) is 150 Å². The molecule has 0 aliphatic rings. The molecule has 10 heteroatoms. The van der Waals surface area contributed by atoms with Crippen molar-refractivity contribution in [2.24, 2.45) is 0 Å². The Morgan fingerprint density at radius 2 is 1.62 bits per heavy atom. The fourth-order valence-electron chi connectivity index (χ4n) is 0.248. The number of rotatable bonds is 4. The molecule has 0 atom stereocenters. The van der Waals surface area contributed by atoms with E-state index in [1.165, 1.54) is 0 Å². The standard InChI is InChI=1S/C3H9O5P.2Ca.2H2O.4H/c4-2-1-3-8-9(5,6)7;;;;;;;;/h4H,1-3H2,(H2,5,6,7);;;2*1H2;;;;/q;2*+2;;;4*-1. The Labute approximate surface area is 142 Å². The molecule has 0 aromatic rings. The largest absolute Gasteiger partial charge is 2.00 e. The second-order valence-corrected chi connectivity index (χ2v) is 2.64. The molecule has 7 nitrogen and oxygen atoms in total. The van der Waals surface area contributed by atoms with E-state index in [1.54, 1.807) is 0 Å². The molecule has 0 unspecified atom stereocenters. The van der Waals surface area contributed by atoms with Crippen molar-refractivity contribution in [2.75, 3.05) is 13.2 Å². The van der Waals surface area contributed by atoms with Crippen LogP contribution in [0.5, 0.6) is 0 Å². The van der Waals surface area contributed by atoms with Crippen LogP contribution in [0.2, 0.25) is 0 Å². The second kappa shape index (κ2) is 16.9. The molecule has 0 rings (SSSR count). The minimum Gasteiger partial charge on any atom is -1.00 e. The smallest absolute Gasteiger partial charge is 1.00 e. The van der Waals surface area contributed by atoms with Crippen LogP contribution in [0.25, 0.3) is 0 Å². The van der Waals surface area contributed by atoms with Gasteiger partial charge in [-0.15, -0.1) is 0 Å². The summed E-state index contributed by atoms with van der Waals surface area (Å²) in [4.78, 5) is 16.1. The predicted octanol–water partition coefficient (Wildman–Crippen LogP) is -2.48. The molecule has 0 saturated carbocycles. The van der Waals surface area contributed by atoms with Crippen LogP contribution in [-0.4, -0.2) is 115 Å². The minimum atomic E-state index is -4.31. The van der Waals surface area contributed by atoms with Crippen LogP contribution in [0.15, 0.2) is 0 Å². The summed E-state index contributed by atoms with van der Waals surface area (Å²) >= 11 is 0. The normalized spacial score (nSPS) is 8.23. The van der Waals surface area contributed by atoms with Gasteiger partial charge in [0.15, 0.2) is 0 Å². The molecule has 0 spiro atoms. The molecule has 0 amide bonds. The van der Waals surface area contributed by atoms with Crippen molar-refractivity contribution in [3.8, 4) is 0 Å². The van der Waals surface area contributed by atoms with Gasteiger partial charge in [-0.1, -0.05) is 0 Å². The van der Waals surface area contributed by atoms with Crippen molar-refractivity contribution in [1.29, 1.82) is 0 Å². The van der Waals surface area contributed by atoms with E-state index in [1.807, 2.05) is 0 Å². The molecule has 0 aromatic heterocycles. The van der Waals surface area contributed by atoms with Crippen LogP contribution in [0, 0.1) is 0 Å². The Bertz CT molecular complexity index is 130. The predicted molar refractivity (Wildman–Crippen MR) is 52.9 cm³/mol. The van der Waals surface area contributed by atoms with Crippen molar-refractivity contribution in [3.63, 3.8) is 0 Å². The van der Waals surface area contributed by atoms with Crippen LogP contribution in [0.4, 0.5) is 0 Å². The zero-order chi connectivity index (χ0) is 7.33. The van der Waals surface area contributed by atoms with Gasteiger partial charge in [-0.05, 0) is 6.42 Å². The van der Waals surface area contributed by atoms with E-state index in [0.717, 1.165) is 0 Å². The SMILES string of the molecule is O.O.O=P(O)(O)OCCCO.[Ca+2].[Ca+2].[H-].[H-].[H-].[H-]. The number of hydrogen-bond acceptors (Lipinski definition) is 3. The number of aliphatic hydroxyl groups is 1. The average molecular weight is 276 g/mol. The molecule has 0 aliphatic carbocycles. The molecule has 80 valence electrons. The van der Waals surface area contributed by atoms with Gasteiger partial charge in [0.2, 0.25) is 0 Å². The summed E-state index contributed by atoms with van der Waals surface area (Å²) in [5.74, 6) is 0. The maximum Gasteiger partial charge on any atom is 2.00 e. The molecule has 0 radical (unpaired) electrons. The van der Waals surface area contributed by atoms with E-state index >= 15 is 0 Å². The van der Waals surface area contributed by atoms with Gasteiger partial charge in [0.05, 0.1) is 6.61 Å². The first-order valence-electron chi connectivity index (χ1n) is 2.37. The molecule has 0 bridgehead atoms. The molecule has 0 aliphatic heterocycles. The van der Waals surface area contributed by atoms with Gasteiger partial charge in [0.25, 0.3) is 0 Å². The first-order valence-corrected chi connectivity index (χ1v) is 3.90. The molecular formula is C3H17Ca2O7P. The van der Waals surface area contributed by atoms with E-state index in [-0.39, 0.29) is 112 Å². The Balaban J connectivity index is -0.0000000114. The maximum absolute atomic E-state index is 9.90. The van der Waals surface area contributed by atoms with Crippen LogP contribution >= 0.6 is 7.82 Å². The van der Waals surface area contributed by atoms with Gasteiger partial charge in [0.1, 0.15) is 0 Å². The molecule has 0 heterocycles. The Hall–Kier alpha value is 2.51. The number of phosphoric acid groups is 1. The summed E-state index contributed by atoms with van der Waals surface area (Å²) in [6, 6.07) is 0. The summed E-state index contributed by atoms with van der Waals surface area (Å²) < 4.78 is 13.9. The van der Waals surface area contributed by atoms with Crippen LogP contribution in [-0.2, 0) is 9.09 Å². The van der Waals surface area contributed by atoms with Gasteiger partial charge >= 0.3 is 83.3 Å². The average Bonchev–Trinajstić information content (AvgIpc) is 1.63. The third-order valence-electron chi connectivity index (χ3n) is 0.562. The number of hydrogen-bond donors (Lipinski definition) is 3. The molecule has 0 fully saturated rings. The fourth-order valence-corrected chi connectivity index (χ4v) is 0.615. The Morgan fingerprint density at radius 3 is 1.85 bits per heavy atom. The van der Waals surface area contributed by atoms with Crippen LogP contribution < -0.4 is 0 Å². The van der Waals surface area contributed by atoms with E-state index in [0.29, 0.717) is 0 Å². The van der Waals surface area contributed by atoms with Crippen LogP contribution in [0.3, 0.4) is 0 Å². The first kappa shape index (κ1) is 29.6. The third kappa shape index (κ3) is 31.4. The number of aliphatic hydroxyl groups excluding tert-OH is 1. The summed E-state index contributed by atoms with van der Waals surface area (Å²) in [5.41, 5.74) is 0. The van der Waals surface area contributed by atoms with E-state index < -0.39 is 7.82 Å². The summed E-state index contributed by atoms with van der Waals surface area (Å²) in [7, 11) is -4.31. The zero-order valence-corrected chi connectivity index (χ0v) is 12.5. The Morgan fingerprint density at radius 1 is 1.23 bits per heavy atom. The third-order valence-corrected chi connectivity index (χ3v) is 1.08. The van der Waals surface area contributed by atoms with Gasteiger partial charge in [-0.2, -0.15) is 0 Å². The molecular weight excluding hydrogens is 259 g/mol. The van der Waals surface area contributed by atoms with Crippen molar-refractivity contribution < 1.29 is 40.6 Å². The van der Waals surface area contributed by atoms with Crippen LogP contribution in [0.1, 0.15) is 12.1 Å². The number of phosphoric ester groups is 1. The molecule has 13 heavy (non-hydrogen) atoms. The van der Waals surface area contributed by atoms with Crippen molar-refractivity contribution in [3.05, 3.63) is 0 Å². The van der Waals surface area contributed by atoms with Gasteiger partial charge in [-0.25, -0.2) is 4.57 Å². The fraction of sp³-hybridized carbons (Fsp3) is 1.00. The van der Waals surface area contributed by atoms with Gasteiger partial charge < -0.3 is 31.6 Å². The van der Waals surface area contributed by atoms with Gasteiger partial charge in [0, 0.05) is 6.61 Å². The Kier molecular flexibility index (Phi) is 38.5. The molecule has 0 saturated heterocycles. The summed E-state index contributed by atoms with van der Waals surface area (Å²) in [5, 5.41) is 8.13. The van der Waals surface area contributed by atoms with E-state index in [2.05, 4.69) is 4.52 Å². The van der Waals surface area contributed by atoms with Crippen molar-refractivity contribution >= 4 is 83.3 Å². The zero-order valence-electron chi connectivity index (χ0n) is 11.1. The maximum atomic E-state index is 9.90. The second-order valence-electron chi connectivity index (χ2n) is 1.40. The first-order chi connectivity index (χ1) is 4.06. The monoisotopic (exact) mass is 276 g/mol.